The van der Waals surface area contributed by atoms with E-state index in [4.69, 9.17) is 0 Å². The number of anilines is 1. The van der Waals surface area contributed by atoms with E-state index in [0.29, 0.717) is 11.8 Å². The first-order chi connectivity index (χ1) is 9.20. The molecule has 3 rings (SSSR count). The molecule has 1 aliphatic rings. The van der Waals surface area contributed by atoms with Crippen LogP contribution in [0.4, 0.5) is 5.69 Å². The zero-order valence-electron chi connectivity index (χ0n) is 11.2. The number of rotatable bonds is 2. The molecule has 0 heterocycles. The SMILES string of the molecule is Cc1ccc(NC2CCc3ccc(O)cc3C2)cc1. The van der Waals surface area contributed by atoms with E-state index in [1.807, 2.05) is 12.1 Å². The van der Waals surface area contributed by atoms with Gasteiger partial charge in [-0.1, -0.05) is 23.8 Å². The van der Waals surface area contributed by atoms with Gasteiger partial charge < -0.3 is 10.4 Å². The van der Waals surface area contributed by atoms with Gasteiger partial charge in [-0.15, -0.1) is 0 Å². The molecule has 19 heavy (non-hydrogen) atoms. The minimum Gasteiger partial charge on any atom is -0.508 e. The monoisotopic (exact) mass is 253 g/mol. The maximum atomic E-state index is 9.57. The largest absolute Gasteiger partial charge is 0.508 e. The Morgan fingerprint density at radius 1 is 1.05 bits per heavy atom. The Morgan fingerprint density at radius 3 is 2.63 bits per heavy atom. The van der Waals surface area contributed by atoms with E-state index in [9.17, 15) is 5.11 Å². The summed E-state index contributed by atoms with van der Waals surface area (Å²) in [4.78, 5) is 0. The summed E-state index contributed by atoms with van der Waals surface area (Å²) in [5.74, 6) is 0.370. The first kappa shape index (κ1) is 12.1. The fourth-order valence-electron chi connectivity index (χ4n) is 2.75. The molecule has 0 saturated heterocycles. The Kier molecular flexibility index (Phi) is 3.16. The summed E-state index contributed by atoms with van der Waals surface area (Å²) in [7, 11) is 0. The van der Waals surface area contributed by atoms with Crippen molar-refractivity contribution in [1.29, 1.82) is 0 Å². The van der Waals surface area contributed by atoms with Gasteiger partial charge in [-0.05, 0) is 61.6 Å². The molecule has 1 aliphatic carbocycles. The van der Waals surface area contributed by atoms with Crippen LogP contribution in [0.2, 0.25) is 0 Å². The predicted octanol–water partition coefficient (Wildman–Crippen LogP) is 3.67. The number of fused-ring (bicyclic) bond motifs is 1. The molecule has 98 valence electrons. The van der Waals surface area contributed by atoms with Crippen molar-refractivity contribution in [1.82, 2.24) is 0 Å². The van der Waals surface area contributed by atoms with Crippen LogP contribution in [0.1, 0.15) is 23.1 Å². The average molecular weight is 253 g/mol. The maximum Gasteiger partial charge on any atom is 0.115 e. The molecule has 1 unspecified atom stereocenters. The maximum absolute atomic E-state index is 9.57. The van der Waals surface area contributed by atoms with E-state index in [2.05, 4.69) is 36.5 Å². The van der Waals surface area contributed by atoms with E-state index in [1.165, 1.54) is 22.4 Å². The van der Waals surface area contributed by atoms with Gasteiger partial charge in [-0.25, -0.2) is 0 Å². The summed E-state index contributed by atoms with van der Waals surface area (Å²) >= 11 is 0. The Hall–Kier alpha value is -1.96. The summed E-state index contributed by atoms with van der Waals surface area (Å²) < 4.78 is 0. The number of benzene rings is 2. The van der Waals surface area contributed by atoms with Gasteiger partial charge in [0, 0.05) is 11.7 Å². The summed E-state index contributed by atoms with van der Waals surface area (Å²) in [6.45, 7) is 2.10. The van der Waals surface area contributed by atoms with Crippen molar-refractivity contribution >= 4 is 5.69 Å². The lowest BCUT2D eigenvalue weighted by atomic mass is 9.88. The zero-order chi connectivity index (χ0) is 13.2. The zero-order valence-corrected chi connectivity index (χ0v) is 11.2. The van der Waals surface area contributed by atoms with Crippen LogP contribution in [-0.2, 0) is 12.8 Å². The van der Waals surface area contributed by atoms with Crippen molar-refractivity contribution < 1.29 is 5.11 Å². The van der Waals surface area contributed by atoms with Gasteiger partial charge in [0.2, 0.25) is 0 Å². The van der Waals surface area contributed by atoms with E-state index < -0.39 is 0 Å². The normalized spacial score (nSPS) is 17.8. The Labute approximate surface area is 114 Å². The number of phenols is 1. The molecule has 0 saturated carbocycles. The molecular formula is C17H19NO. The Balaban J connectivity index is 1.73. The summed E-state index contributed by atoms with van der Waals surface area (Å²) in [6.07, 6.45) is 3.21. The van der Waals surface area contributed by atoms with E-state index in [-0.39, 0.29) is 0 Å². The number of nitrogens with one attached hydrogen (secondary N) is 1. The second kappa shape index (κ2) is 4.96. The number of phenolic OH excluding ortho intramolecular Hbond substituents is 1. The molecule has 2 nitrogen and oxygen atoms in total. The van der Waals surface area contributed by atoms with Crippen LogP contribution < -0.4 is 5.32 Å². The lowest BCUT2D eigenvalue weighted by Gasteiger charge is -2.26. The smallest absolute Gasteiger partial charge is 0.115 e. The third-order valence-electron chi connectivity index (χ3n) is 3.84. The topological polar surface area (TPSA) is 32.3 Å². The van der Waals surface area contributed by atoms with Gasteiger partial charge in [0.25, 0.3) is 0 Å². The molecule has 0 amide bonds. The minimum atomic E-state index is 0.370. The van der Waals surface area contributed by atoms with Crippen LogP contribution in [0.25, 0.3) is 0 Å². The number of aromatic hydroxyl groups is 1. The molecular weight excluding hydrogens is 234 g/mol. The Bertz CT molecular complexity index is 574. The molecule has 2 aromatic rings. The second-order valence-corrected chi connectivity index (χ2v) is 5.40. The van der Waals surface area contributed by atoms with Crippen molar-refractivity contribution in [3.8, 4) is 5.75 Å². The summed E-state index contributed by atoms with van der Waals surface area (Å²) in [6, 6.07) is 14.7. The van der Waals surface area contributed by atoms with Crippen molar-refractivity contribution in [2.45, 2.75) is 32.2 Å². The van der Waals surface area contributed by atoms with Gasteiger partial charge in [0.15, 0.2) is 0 Å². The number of hydrogen-bond donors (Lipinski definition) is 2. The first-order valence-corrected chi connectivity index (χ1v) is 6.85. The molecule has 0 aliphatic heterocycles. The van der Waals surface area contributed by atoms with Crippen LogP contribution in [0.5, 0.6) is 5.75 Å². The first-order valence-electron chi connectivity index (χ1n) is 6.85. The van der Waals surface area contributed by atoms with E-state index in [1.54, 1.807) is 6.07 Å². The minimum absolute atomic E-state index is 0.370. The second-order valence-electron chi connectivity index (χ2n) is 5.40. The Morgan fingerprint density at radius 2 is 1.84 bits per heavy atom. The molecule has 1 atom stereocenters. The molecule has 0 aromatic heterocycles. The van der Waals surface area contributed by atoms with Crippen LogP contribution in [0.3, 0.4) is 0 Å². The fourth-order valence-corrected chi connectivity index (χ4v) is 2.75. The van der Waals surface area contributed by atoms with Crippen LogP contribution in [0, 0.1) is 6.92 Å². The van der Waals surface area contributed by atoms with E-state index in [0.717, 1.165) is 19.3 Å². The van der Waals surface area contributed by atoms with Gasteiger partial charge in [-0.3, -0.25) is 0 Å². The van der Waals surface area contributed by atoms with Gasteiger partial charge >= 0.3 is 0 Å². The molecule has 2 N–H and O–H groups in total. The molecule has 0 spiro atoms. The van der Waals surface area contributed by atoms with E-state index >= 15 is 0 Å². The number of aryl methyl sites for hydroxylation is 2. The highest BCUT2D eigenvalue weighted by Crippen LogP contribution is 2.26. The lowest BCUT2D eigenvalue weighted by molar-refractivity contribution is 0.472. The lowest BCUT2D eigenvalue weighted by Crippen LogP contribution is -2.27. The molecule has 0 fully saturated rings. The quantitative estimate of drug-likeness (QED) is 0.856. The third kappa shape index (κ3) is 2.73. The third-order valence-corrected chi connectivity index (χ3v) is 3.84. The predicted molar refractivity (Wildman–Crippen MR) is 78.7 cm³/mol. The average Bonchev–Trinajstić information content (AvgIpc) is 2.41. The van der Waals surface area contributed by atoms with Crippen molar-refractivity contribution in [3.05, 3.63) is 59.2 Å². The van der Waals surface area contributed by atoms with Gasteiger partial charge in [0.05, 0.1) is 0 Å². The standard InChI is InChI=1S/C17H19NO/c1-12-2-6-15(7-3-12)18-16-8-4-13-5-9-17(19)11-14(13)10-16/h2-3,5-7,9,11,16,18-19H,4,8,10H2,1H3. The molecule has 2 heteroatoms. The van der Waals surface area contributed by atoms with Crippen molar-refractivity contribution in [3.63, 3.8) is 0 Å². The molecule has 0 radical (unpaired) electrons. The molecule has 2 aromatic carbocycles. The highest BCUT2D eigenvalue weighted by atomic mass is 16.3. The summed E-state index contributed by atoms with van der Waals surface area (Å²) in [5, 5.41) is 13.2. The molecule has 0 bridgehead atoms. The van der Waals surface area contributed by atoms with Gasteiger partial charge in [-0.2, -0.15) is 0 Å². The fraction of sp³-hybridized carbons (Fsp3) is 0.294. The van der Waals surface area contributed by atoms with Gasteiger partial charge in [0.1, 0.15) is 5.75 Å². The van der Waals surface area contributed by atoms with Crippen molar-refractivity contribution in [2.75, 3.05) is 5.32 Å². The van der Waals surface area contributed by atoms with Crippen LogP contribution >= 0.6 is 0 Å². The van der Waals surface area contributed by atoms with Crippen LogP contribution in [-0.4, -0.2) is 11.1 Å². The van der Waals surface area contributed by atoms with Crippen molar-refractivity contribution in [2.24, 2.45) is 0 Å². The van der Waals surface area contributed by atoms with Crippen LogP contribution in [0.15, 0.2) is 42.5 Å². The number of hydrogen-bond acceptors (Lipinski definition) is 2. The highest BCUT2D eigenvalue weighted by Gasteiger charge is 2.18. The highest BCUT2D eigenvalue weighted by molar-refractivity contribution is 5.47. The summed E-state index contributed by atoms with van der Waals surface area (Å²) in [5.41, 5.74) is 5.11.